The van der Waals surface area contributed by atoms with Crippen molar-refractivity contribution < 1.29 is 9.53 Å². The van der Waals surface area contributed by atoms with Crippen LogP contribution in [0.4, 0.5) is 5.95 Å². The van der Waals surface area contributed by atoms with Crippen molar-refractivity contribution in [3.8, 4) is 0 Å². The van der Waals surface area contributed by atoms with Crippen LogP contribution in [0.15, 0.2) is 18.3 Å². The minimum Gasteiger partial charge on any atom is -0.383 e. The van der Waals surface area contributed by atoms with Crippen LogP contribution in [0.25, 0.3) is 11.2 Å². The van der Waals surface area contributed by atoms with Gasteiger partial charge < -0.3 is 15.8 Å². The van der Waals surface area contributed by atoms with E-state index in [0.717, 1.165) is 0 Å². The van der Waals surface area contributed by atoms with Crippen molar-refractivity contribution >= 4 is 23.0 Å². The summed E-state index contributed by atoms with van der Waals surface area (Å²) in [7, 11) is 1.58. The first-order valence-electron chi connectivity index (χ1n) is 6.00. The Kier molecular flexibility index (Phi) is 3.96. The molecule has 0 aliphatic carbocycles. The average molecular weight is 263 g/mol. The Morgan fingerprint density at radius 3 is 3.16 bits per heavy atom. The van der Waals surface area contributed by atoms with Gasteiger partial charge in [0.15, 0.2) is 5.65 Å². The number of nitrogen functional groups attached to an aromatic ring is 1. The molecule has 19 heavy (non-hydrogen) atoms. The van der Waals surface area contributed by atoms with Crippen LogP contribution >= 0.6 is 0 Å². The number of carbonyl (C=O) groups is 1. The number of methoxy groups -OCH3 is 1. The van der Waals surface area contributed by atoms with Gasteiger partial charge in [0.25, 0.3) is 0 Å². The van der Waals surface area contributed by atoms with Crippen LogP contribution in [0.2, 0.25) is 0 Å². The minimum atomic E-state index is -0.475. The van der Waals surface area contributed by atoms with Crippen molar-refractivity contribution in [3.05, 3.63) is 18.3 Å². The third-order valence-electron chi connectivity index (χ3n) is 2.85. The summed E-state index contributed by atoms with van der Waals surface area (Å²) < 4.78 is 6.51. The van der Waals surface area contributed by atoms with E-state index in [-0.39, 0.29) is 11.9 Å². The zero-order valence-electron chi connectivity index (χ0n) is 11.0. The van der Waals surface area contributed by atoms with E-state index in [9.17, 15) is 4.79 Å². The first-order valence-corrected chi connectivity index (χ1v) is 6.00. The summed E-state index contributed by atoms with van der Waals surface area (Å²) in [6.07, 6.45) is 1.65. The molecule has 0 aliphatic rings. The van der Waals surface area contributed by atoms with E-state index in [2.05, 4.69) is 15.3 Å². The Balaban J connectivity index is 2.23. The van der Waals surface area contributed by atoms with Gasteiger partial charge in [-0.25, -0.2) is 9.97 Å². The molecule has 2 aromatic heterocycles. The second kappa shape index (κ2) is 5.66. The molecule has 3 N–H and O–H groups in total. The van der Waals surface area contributed by atoms with E-state index in [4.69, 9.17) is 10.5 Å². The fourth-order valence-corrected chi connectivity index (χ4v) is 1.87. The first-order chi connectivity index (χ1) is 9.15. The lowest BCUT2D eigenvalue weighted by atomic mass is 10.3. The Morgan fingerprint density at radius 1 is 1.63 bits per heavy atom. The molecule has 0 aliphatic heterocycles. The van der Waals surface area contributed by atoms with E-state index in [1.165, 1.54) is 0 Å². The average Bonchev–Trinajstić information content (AvgIpc) is 2.74. The zero-order valence-corrected chi connectivity index (χ0v) is 11.0. The molecular weight excluding hydrogens is 246 g/mol. The van der Waals surface area contributed by atoms with Crippen LogP contribution in [-0.4, -0.2) is 40.7 Å². The third kappa shape index (κ3) is 2.65. The van der Waals surface area contributed by atoms with Crippen LogP contribution < -0.4 is 11.1 Å². The number of nitrogens with zero attached hydrogens (tertiary/aromatic N) is 3. The summed E-state index contributed by atoms with van der Waals surface area (Å²) in [6, 6.07) is 3.12. The van der Waals surface area contributed by atoms with Crippen molar-refractivity contribution in [2.45, 2.75) is 13.0 Å². The van der Waals surface area contributed by atoms with Crippen LogP contribution in [0.1, 0.15) is 13.0 Å². The van der Waals surface area contributed by atoms with Gasteiger partial charge in [-0.3, -0.25) is 9.36 Å². The molecule has 0 spiro atoms. The number of nitrogens with one attached hydrogen (secondary N) is 1. The molecule has 1 amide bonds. The summed E-state index contributed by atoms with van der Waals surface area (Å²) >= 11 is 0. The maximum Gasteiger partial charge on any atom is 0.243 e. The number of imidazole rings is 1. The molecule has 0 saturated heterocycles. The topological polar surface area (TPSA) is 95.1 Å². The SMILES string of the molecule is COCCNC(=O)C(C)n1c(N)nc2cccnc21. The Morgan fingerprint density at radius 2 is 2.42 bits per heavy atom. The number of anilines is 1. The van der Waals surface area contributed by atoms with Crippen LogP contribution in [0, 0.1) is 0 Å². The van der Waals surface area contributed by atoms with Crippen molar-refractivity contribution in [3.63, 3.8) is 0 Å². The molecule has 0 bridgehead atoms. The predicted molar refractivity (Wildman–Crippen MR) is 71.5 cm³/mol. The number of ether oxygens (including phenoxy) is 1. The van der Waals surface area contributed by atoms with Crippen LogP contribution in [0.5, 0.6) is 0 Å². The van der Waals surface area contributed by atoms with E-state index in [0.29, 0.717) is 24.3 Å². The van der Waals surface area contributed by atoms with Gasteiger partial charge in [0.2, 0.25) is 11.9 Å². The molecule has 2 rings (SSSR count). The van der Waals surface area contributed by atoms with Gasteiger partial charge in [-0.1, -0.05) is 0 Å². The summed E-state index contributed by atoms with van der Waals surface area (Å²) in [6.45, 7) is 2.69. The van der Waals surface area contributed by atoms with Gasteiger partial charge >= 0.3 is 0 Å². The summed E-state index contributed by atoms with van der Waals surface area (Å²) in [4.78, 5) is 20.4. The molecular formula is C12H17N5O2. The highest BCUT2D eigenvalue weighted by atomic mass is 16.5. The Labute approximate surface area is 110 Å². The molecule has 1 unspecified atom stereocenters. The highest BCUT2D eigenvalue weighted by molar-refractivity contribution is 5.83. The molecule has 7 nitrogen and oxygen atoms in total. The van der Waals surface area contributed by atoms with E-state index < -0.39 is 6.04 Å². The number of pyridine rings is 1. The zero-order chi connectivity index (χ0) is 13.8. The summed E-state index contributed by atoms with van der Waals surface area (Å²) in [5, 5.41) is 2.77. The number of carbonyl (C=O) groups excluding carboxylic acids is 1. The Hall–Kier alpha value is -2.15. The van der Waals surface area contributed by atoms with Crippen molar-refractivity contribution in [2.75, 3.05) is 26.0 Å². The van der Waals surface area contributed by atoms with Gasteiger partial charge in [0.1, 0.15) is 11.6 Å². The number of amides is 1. The fourth-order valence-electron chi connectivity index (χ4n) is 1.87. The van der Waals surface area contributed by atoms with Gasteiger partial charge in [0, 0.05) is 19.9 Å². The molecule has 2 aromatic rings. The second-order valence-electron chi connectivity index (χ2n) is 4.15. The normalized spacial score (nSPS) is 12.5. The largest absolute Gasteiger partial charge is 0.383 e. The number of aromatic nitrogens is 3. The Bertz CT molecular complexity index is 581. The quantitative estimate of drug-likeness (QED) is 0.758. The third-order valence-corrected chi connectivity index (χ3v) is 2.85. The van der Waals surface area contributed by atoms with Crippen LogP contribution in [-0.2, 0) is 9.53 Å². The van der Waals surface area contributed by atoms with Crippen molar-refractivity contribution in [2.24, 2.45) is 0 Å². The highest BCUT2D eigenvalue weighted by Crippen LogP contribution is 2.20. The molecule has 7 heteroatoms. The smallest absolute Gasteiger partial charge is 0.243 e. The minimum absolute atomic E-state index is 0.145. The van der Waals surface area contributed by atoms with Crippen LogP contribution in [0.3, 0.4) is 0 Å². The summed E-state index contributed by atoms with van der Waals surface area (Å²) in [5.41, 5.74) is 7.14. The fraction of sp³-hybridized carbons (Fsp3) is 0.417. The van der Waals surface area contributed by atoms with Gasteiger partial charge in [-0.15, -0.1) is 0 Å². The molecule has 0 saturated carbocycles. The van der Waals surface area contributed by atoms with Crippen molar-refractivity contribution in [1.82, 2.24) is 19.9 Å². The molecule has 102 valence electrons. The predicted octanol–water partition coefficient (Wildman–Crippen LogP) is 0.337. The number of nitrogens with two attached hydrogens (primary N) is 1. The number of fused-ring (bicyclic) bond motifs is 1. The molecule has 0 aromatic carbocycles. The van der Waals surface area contributed by atoms with Gasteiger partial charge in [0.05, 0.1) is 6.61 Å². The molecule has 0 fully saturated rings. The molecule has 2 heterocycles. The van der Waals surface area contributed by atoms with E-state index >= 15 is 0 Å². The first kappa shape index (κ1) is 13.3. The second-order valence-corrected chi connectivity index (χ2v) is 4.15. The number of hydrogen-bond acceptors (Lipinski definition) is 5. The number of rotatable bonds is 5. The standard InChI is InChI=1S/C12H17N5O2/c1-8(11(18)15-6-7-19-2)17-10-9(16-12(17)13)4-3-5-14-10/h3-5,8H,6-7H2,1-2H3,(H2,13,16)(H,15,18). The van der Waals surface area contributed by atoms with Gasteiger partial charge in [-0.05, 0) is 19.1 Å². The van der Waals surface area contributed by atoms with Crippen molar-refractivity contribution in [1.29, 1.82) is 0 Å². The van der Waals surface area contributed by atoms with E-state index in [1.807, 2.05) is 6.07 Å². The highest BCUT2D eigenvalue weighted by Gasteiger charge is 2.20. The van der Waals surface area contributed by atoms with E-state index in [1.54, 1.807) is 30.9 Å². The lowest BCUT2D eigenvalue weighted by Crippen LogP contribution is -2.33. The van der Waals surface area contributed by atoms with Gasteiger partial charge in [-0.2, -0.15) is 0 Å². The molecule has 1 atom stereocenters. The summed E-state index contributed by atoms with van der Waals surface area (Å²) in [5.74, 6) is 0.136. The maximum atomic E-state index is 12.0. The lowest BCUT2D eigenvalue weighted by Gasteiger charge is -2.15. The monoisotopic (exact) mass is 263 g/mol. The number of hydrogen-bond donors (Lipinski definition) is 2. The maximum absolute atomic E-state index is 12.0. The lowest BCUT2D eigenvalue weighted by molar-refractivity contribution is -0.123. The molecule has 0 radical (unpaired) electrons.